The number of benzene rings is 2. The van der Waals surface area contributed by atoms with Crippen LogP contribution in [0.2, 0.25) is 0 Å². The topological polar surface area (TPSA) is 46.9 Å². The molecule has 4 nitrogen and oxygen atoms in total. The Morgan fingerprint density at radius 1 is 1.12 bits per heavy atom. The van der Waals surface area contributed by atoms with Gasteiger partial charge in [0.1, 0.15) is 5.69 Å². The van der Waals surface area contributed by atoms with Crippen molar-refractivity contribution in [2.75, 3.05) is 12.5 Å². The number of rotatable bonds is 1. The van der Waals surface area contributed by atoms with Gasteiger partial charge in [0.2, 0.25) is 5.43 Å². The van der Waals surface area contributed by atoms with Crippen molar-refractivity contribution in [3.8, 4) is 11.4 Å². The number of hydrogen-bond donors (Lipinski definition) is 1. The van der Waals surface area contributed by atoms with E-state index < -0.39 is 0 Å². The lowest BCUT2D eigenvalue weighted by Crippen LogP contribution is -2.19. The summed E-state index contributed by atoms with van der Waals surface area (Å²) in [5.41, 5.74) is 6.05. The first kappa shape index (κ1) is 9.84. The van der Waals surface area contributed by atoms with E-state index in [0.29, 0.717) is 5.69 Å². The van der Waals surface area contributed by atoms with E-state index in [2.05, 4.69) is 10.4 Å². The minimum atomic E-state index is -0.0581. The molecule has 1 aliphatic carbocycles. The molecule has 0 bridgehead atoms. The van der Waals surface area contributed by atoms with Gasteiger partial charge in [0, 0.05) is 7.05 Å². The molecule has 1 aromatic carbocycles. The minimum absolute atomic E-state index is 0.0581. The van der Waals surface area contributed by atoms with Gasteiger partial charge >= 0.3 is 0 Å². The normalized spacial score (nSPS) is 10.9. The summed E-state index contributed by atoms with van der Waals surface area (Å²) in [6, 6.07) is 12.9. The van der Waals surface area contributed by atoms with E-state index in [-0.39, 0.29) is 5.43 Å². The Morgan fingerprint density at radius 2 is 1.94 bits per heavy atom. The molecule has 0 amide bonds. The van der Waals surface area contributed by atoms with Gasteiger partial charge in [-0.25, -0.2) is 4.98 Å². The second kappa shape index (κ2) is 3.59. The van der Waals surface area contributed by atoms with Gasteiger partial charge in [-0.2, -0.15) is 0 Å². The molecule has 1 aromatic rings. The Kier molecular flexibility index (Phi) is 2.08. The highest BCUT2D eigenvalue weighted by Crippen LogP contribution is 2.20. The van der Waals surface area contributed by atoms with Gasteiger partial charge in [0.05, 0.1) is 16.7 Å². The predicted molar refractivity (Wildman–Crippen MR) is 67.9 cm³/mol. The number of nitrogens with one attached hydrogen (secondary N) is 1. The molecule has 4 heteroatoms. The molecule has 0 atom stereocenters. The maximum Gasteiger partial charge on any atom is 0.206 e. The van der Waals surface area contributed by atoms with Gasteiger partial charge in [-0.05, 0) is 24.3 Å². The van der Waals surface area contributed by atoms with Crippen molar-refractivity contribution in [1.82, 2.24) is 9.66 Å². The third-order valence-electron chi connectivity index (χ3n) is 2.80. The summed E-state index contributed by atoms with van der Waals surface area (Å²) in [6.07, 6.45) is 0. The van der Waals surface area contributed by atoms with Crippen LogP contribution in [0.4, 0.5) is 0 Å². The number of nitrogens with zero attached hydrogens (tertiary/aromatic N) is 2. The van der Waals surface area contributed by atoms with Crippen LogP contribution in [0, 0.1) is 0 Å². The van der Waals surface area contributed by atoms with Crippen LogP contribution in [0.25, 0.3) is 22.4 Å². The molecule has 2 aliphatic rings. The highest BCUT2D eigenvalue weighted by atomic mass is 16.1. The van der Waals surface area contributed by atoms with Crippen molar-refractivity contribution < 1.29 is 0 Å². The largest absolute Gasteiger partial charge is 0.328 e. The van der Waals surface area contributed by atoms with Crippen LogP contribution in [-0.2, 0) is 0 Å². The molecule has 0 unspecified atom stereocenters. The fourth-order valence-corrected chi connectivity index (χ4v) is 2.04. The predicted octanol–water partition coefficient (Wildman–Crippen LogP) is 1.67. The summed E-state index contributed by atoms with van der Waals surface area (Å²) < 4.78 is 1.87. The van der Waals surface area contributed by atoms with E-state index in [1.165, 1.54) is 6.07 Å². The molecule has 17 heavy (non-hydrogen) atoms. The Balaban J connectivity index is 2.58. The van der Waals surface area contributed by atoms with Gasteiger partial charge in [-0.1, -0.05) is 18.2 Å². The molecule has 0 aromatic heterocycles. The summed E-state index contributed by atoms with van der Waals surface area (Å²) in [7, 11) is 1.82. The monoisotopic (exact) mass is 225 g/mol. The number of para-hydroxylation sites is 3. The summed E-state index contributed by atoms with van der Waals surface area (Å²) in [4.78, 5) is 16.2. The molecule has 0 radical (unpaired) electrons. The SMILES string of the molecule is CNn1c2cccc(=O)c-2nc2ccccc21. The first-order valence-electron chi connectivity index (χ1n) is 5.39. The third-order valence-corrected chi connectivity index (χ3v) is 2.80. The van der Waals surface area contributed by atoms with Crippen molar-refractivity contribution in [2.24, 2.45) is 0 Å². The fraction of sp³-hybridized carbons (Fsp3) is 0.0769. The molecule has 0 saturated heterocycles. The second-order valence-electron chi connectivity index (χ2n) is 3.78. The molecule has 0 spiro atoms. The van der Waals surface area contributed by atoms with E-state index in [0.717, 1.165) is 16.7 Å². The van der Waals surface area contributed by atoms with Crippen molar-refractivity contribution in [3.63, 3.8) is 0 Å². The molecule has 0 fully saturated rings. The average Bonchev–Trinajstić information content (AvgIpc) is 2.37. The first-order valence-corrected chi connectivity index (χ1v) is 5.39. The van der Waals surface area contributed by atoms with E-state index in [4.69, 9.17) is 0 Å². The standard InChI is InChI=1S/C13H11N3O/c1-14-16-10-6-3-2-5-9(10)15-13-11(16)7-4-8-12(13)17/h2-8,14H,1H3. The lowest BCUT2D eigenvalue weighted by atomic mass is 10.2. The maximum absolute atomic E-state index is 11.8. The molecule has 3 rings (SSSR count). The Hall–Kier alpha value is -2.36. The zero-order valence-corrected chi connectivity index (χ0v) is 9.34. The lowest BCUT2D eigenvalue weighted by Gasteiger charge is -2.16. The first-order chi connectivity index (χ1) is 8.31. The molecule has 84 valence electrons. The van der Waals surface area contributed by atoms with Crippen molar-refractivity contribution >= 4 is 11.0 Å². The van der Waals surface area contributed by atoms with Gasteiger partial charge in [-0.3, -0.25) is 9.47 Å². The minimum Gasteiger partial charge on any atom is -0.328 e. The van der Waals surface area contributed by atoms with Gasteiger partial charge in [-0.15, -0.1) is 0 Å². The lowest BCUT2D eigenvalue weighted by molar-refractivity contribution is 0.952. The van der Waals surface area contributed by atoms with Crippen LogP contribution in [-0.4, -0.2) is 16.7 Å². The molecule has 1 heterocycles. The number of hydrogen-bond acceptors (Lipinski definition) is 3. The summed E-state index contributed by atoms with van der Waals surface area (Å²) in [5, 5.41) is 0. The van der Waals surface area contributed by atoms with E-state index in [1.54, 1.807) is 6.07 Å². The van der Waals surface area contributed by atoms with Crippen molar-refractivity contribution in [1.29, 1.82) is 0 Å². The molecule has 1 N–H and O–H groups in total. The second-order valence-corrected chi connectivity index (χ2v) is 3.78. The molecular formula is C13H11N3O. The van der Waals surface area contributed by atoms with Crippen LogP contribution >= 0.6 is 0 Å². The molecule has 0 saturated carbocycles. The molecule has 1 aliphatic heterocycles. The van der Waals surface area contributed by atoms with Crippen LogP contribution < -0.4 is 10.9 Å². The fourth-order valence-electron chi connectivity index (χ4n) is 2.04. The molecular weight excluding hydrogens is 214 g/mol. The van der Waals surface area contributed by atoms with Crippen molar-refractivity contribution in [2.45, 2.75) is 0 Å². The van der Waals surface area contributed by atoms with Crippen LogP contribution in [0.5, 0.6) is 0 Å². The zero-order valence-electron chi connectivity index (χ0n) is 9.34. The third kappa shape index (κ3) is 1.38. The Bertz CT molecular complexity index is 717. The summed E-state index contributed by atoms with van der Waals surface area (Å²) in [6.45, 7) is 0. The van der Waals surface area contributed by atoms with E-state index >= 15 is 0 Å². The van der Waals surface area contributed by atoms with Crippen molar-refractivity contribution in [3.05, 3.63) is 52.7 Å². The maximum atomic E-state index is 11.8. The highest BCUT2D eigenvalue weighted by molar-refractivity contribution is 5.80. The van der Waals surface area contributed by atoms with Crippen LogP contribution in [0.15, 0.2) is 47.3 Å². The quantitative estimate of drug-likeness (QED) is 0.641. The Morgan fingerprint density at radius 3 is 2.76 bits per heavy atom. The highest BCUT2D eigenvalue weighted by Gasteiger charge is 2.13. The van der Waals surface area contributed by atoms with Crippen LogP contribution in [0.1, 0.15) is 0 Å². The number of aromatic nitrogens is 2. The van der Waals surface area contributed by atoms with Gasteiger partial charge in [0.15, 0.2) is 0 Å². The summed E-state index contributed by atoms with van der Waals surface area (Å²) in [5.74, 6) is 0. The smallest absolute Gasteiger partial charge is 0.206 e. The van der Waals surface area contributed by atoms with E-state index in [1.807, 2.05) is 42.1 Å². The number of fused-ring (bicyclic) bond motifs is 2. The van der Waals surface area contributed by atoms with Crippen LogP contribution in [0.3, 0.4) is 0 Å². The van der Waals surface area contributed by atoms with Gasteiger partial charge < -0.3 is 5.43 Å². The zero-order chi connectivity index (χ0) is 11.8. The van der Waals surface area contributed by atoms with Gasteiger partial charge in [0.25, 0.3) is 0 Å². The van der Waals surface area contributed by atoms with E-state index in [9.17, 15) is 4.79 Å². The Labute approximate surface area is 97.8 Å². The average molecular weight is 225 g/mol. The summed E-state index contributed by atoms with van der Waals surface area (Å²) >= 11 is 0.